The Morgan fingerprint density at radius 3 is 2.94 bits per heavy atom. The predicted molar refractivity (Wildman–Crippen MR) is 127 cm³/mol. The zero-order valence-electron chi connectivity index (χ0n) is 17.2. The highest BCUT2D eigenvalue weighted by molar-refractivity contribution is 7.21. The number of hydrogen-bond donors (Lipinski definition) is 3. The lowest BCUT2D eigenvalue weighted by Gasteiger charge is -2.11. The van der Waals surface area contributed by atoms with Crippen LogP contribution in [0.15, 0.2) is 55.1 Å². The highest BCUT2D eigenvalue weighted by Gasteiger charge is 2.24. The molecule has 1 atom stereocenters. The van der Waals surface area contributed by atoms with Gasteiger partial charge in [-0.1, -0.05) is 6.58 Å². The van der Waals surface area contributed by atoms with Crippen molar-refractivity contribution in [2.24, 2.45) is 0 Å². The van der Waals surface area contributed by atoms with Crippen molar-refractivity contribution in [2.75, 3.05) is 17.2 Å². The van der Waals surface area contributed by atoms with E-state index in [-0.39, 0.29) is 17.6 Å². The summed E-state index contributed by atoms with van der Waals surface area (Å²) in [6, 6.07) is 12.2. The highest BCUT2D eigenvalue weighted by atomic mass is 32.1. The SMILES string of the molecule is C=CC(=O)Nc1cc(-c2ccc3c(ccc4sc5c(c43)NC[C@@H](C)NC5=O)n2)ccc1F. The van der Waals surface area contributed by atoms with Gasteiger partial charge in [-0.3, -0.25) is 9.59 Å². The molecule has 0 bridgehead atoms. The number of hydrogen-bond acceptors (Lipinski definition) is 5. The molecule has 0 unspecified atom stereocenters. The van der Waals surface area contributed by atoms with Gasteiger partial charge in [-0.15, -0.1) is 11.3 Å². The molecule has 6 nitrogen and oxygen atoms in total. The Labute approximate surface area is 187 Å². The minimum atomic E-state index is -0.536. The van der Waals surface area contributed by atoms with Gasteiger partial charge in [0.1, 0.15) is 10.7 Å². The minimum Gasteiger partial charge on any atom is -0.381 e. The number of pyridine rings is 1. The van der Waals surface area contributed by atoms with Crippen LogP contribution >= 0.6 is 11.3 Å². The number of rotatable bonds is 3. The average molecular weight is 447 g/mol. The molecular formula is C24H19FN4O2S. The van der Waals surface area contributed by atoms with Crippen LogP contribution in [0.5, 0.6) is 0 Å². The maximum Gasteiger partial charge on any atom is 0.263 e. The largest absolute Gasteiger partial charge is 0.381 e. The molecule has 8 heteroatoms. The van der Waals surface area contributed by atoms with Crippen LogP contribution in [-0.4, -0.2) is 29.4 Å². The zero-order chi connectivity index (χ0) is 22.4. The van der Waals surface area contributed by atoms with Gasteiger partial charge in [0.25, 0.3) is 5.91 Å². The molecule has 2 aromatic carbocycles. The minimum absolute atomic E-state index is 0.0334. The summed E-state index contributed by atoms with van der Waals surface area (Å²) in [5, 5.41) is 10.8. The maximum atomic E-state index is 14.1. The van der Waals surface area contributed by atoms with Crippen LogP contribution in [0.4, 0.5) is 15.8 Å². The van der Waals surface area contributed by atoms with Crippen LogP contribution in [0, 0.1) is 5.82 Å². The monoisotopic (exact) mass is 446 g/mol. The molecule has 5 rings (SSSR count). The quantitative estimate of drug-likeness (QED) is 0.390. The first-order valence-corrected chi connectivity index (χ1v) is 10.9. The third-order valence-electron chi connectivity index (χ3n) is 5.40. The van der Waals surface area contributed by atoms with Crippen LogP contribution in [0.3, 0.4) is 0 Å². The molecule has 3 N–H and O–H groups in total. The first-order valence-electron chi connectivity index (χ1n) is 10.1. The third-order valence-corrected chi connectivity index (χ3v) is 6.55. The molecule has 3 heterocycles. The van der Waals surface area contributed by atoms with E-state index in [0.29, 0.717) is 22.7 Å². The van der Waals surface area contributed by atoms with Crippen LogP contribution in [0.2, 0.25) is 0 Å². The van der Waals surface area contributed by atoms with Gasteiger partial charge >= 0.3 is 0 Å². The van der Waals surface area contributed by atoms with E-state index < -0.39 is 11.7 Å². The smallest absolute Gasteiger partial charge is 0.263 e. The second-order valence-electron chi connectivity index (χ2n) is 7.65. The van der Waals surface area contributed by atoms with E-state index in [0.717, 1.165) is 32.8 Å². The van der Waals surface area contributed by atoms with Crippen molar-refractivity contribution in [3.05, 3.63) is 65.8 Å². The zero-order valence-corrected chi connectivity index (χ0v) is 18.0. The summed E-state index contributed by atoms with van der Waals surface area (Å²) in [5.74, 6) is -1.10. The van der Waals surface area contributed by atoms with E-state index in [9.17, 15) is 14.0 Å². The topological polar surface area (TPSA) is 83.1 Å². The molecule has 0 spiro atoms. The Morgan fingerprint density at radius 1 is 1.28 bits per heavy atom. The first kappa shape index (κ1) is 20.1. The van der Waals surface area contributed by atoms with Crippen molar-refractivity contribution < 1.29 is 14.0 Å². The standard InChI is InChI=1S/C24H19FN4O2S/c1-3-20(30)29-18-10-13(4-6-15(18)25)16-7-5-14-17(28-16)8-9-19-21(14)22-23(32-19)24(31)27-12(2)11-26-22/h3-10,12,26H,1,11H2,2H3,(H,27,31)(H,29,30)/t12-/m1/s1. The molecule has 1 aliphatic heterocycles. The van der Waals surface area contributed by atoms with Gasteiger partial charge in [-0.2, -0.15) is 0 Å². The van der Waals surface area contributed by atoms with Crippen molar-refractivity contribution in [3.63, 3.8) is 0 Å². The number of fused-ring (bicyclic) bond motifs is 5. The third kappa shape index (κ3) is 3.38. The lowest BCUT2D eigenvalue weighted by Crippen LogP contribution is -2.34. The van der Waals surface area contributed by atoms with Gasteiger partial charge in [0.15, 0.2) is 0 Å². The van der Waals surface area contributed by atoms with Crippen LogP contribution < -0.4 is 16.0 Å². The summed E-state index contributed by atoms with van der Waals surface area (Å²) in [4.78, 5) is 29.6. The number of carbonyl (C=O) groups is 2. The van der Waals surface area contributed by atoms with Crippen LogP contribution in [-0.2, 0) is 4.79 Å². The molecule has 2 aromatic heterocycles. The van der Waals surface area contributed by atoms with E-state index in [1.807, 2.05) is 31.2 Å². The normalized spacial score (nSPS) is 15.6. The number of nitrogens with one attached hydrogen (secondary N) is 3. The second kappa shape index (κ2) is 7.72. The Kier molecular flexibility index (Phi) is 4.86. The molecular weight excluding hydrogens is 427 g/mol. The Bertz CT molecular complexity index is 1430. The Morgan fingerprint density at radius 2 is 2.12 bits per heavy atom. The molecule has 0 radical (unpaired) electrons. The highest BCUT2D eigenvalue weighted by Crippen LogP contribution is 2.41. The van der Waals surface area contributed by atoms with Crippen LogP contribution in [0.1, 0.15) is 16.6 Å². The fraction of sp³-hybridized carbons (Fsp3) is 0.125. The molecule has 1 aliphatic rings. The fourth-order valence-corrected chi connectivity index (χ4v) is 4.95. The summed E-state index contributed by atoms with van der Waals surface area (Å²) in [6.45, 7) is 5.99. The number of nitrogens with zero attached hydrogens (tertiary/aromatic N) is 1. The number of halogens is 1. The lowest BCUT2D eigenvalue weighted by atomic mass is 10.1. The Balaban J connectivity index is 1.62. The van der Waals surface area contributed by atoms with E-state index in [1.54, 1.807) is 12.1 Å². The van der Waals surface area contributed by atoms with Crippen molar-refractivity contribution in [2.45, 2.75) is 13.0 Å². The molecule has 0 saturated heterocycles. The van der Waals surface area contributed by atoms with E-state index in [1.165, 1.54) is 17.4 Å². The summed E-state index contributed by atoms with van der Waals surface area (Å²) >= 11 is 1.46. The van der Waals surface area contributed by atoms with Gasteiger partial charge in [0.2, 0.25) is 5.91 Å². The summed E-state index contributed by atoms with van der Waals surface area (Å²) in [5.41, 5.74) is 2.98. The molecule has 32 heavy (non-hydrogen) atoms. The van der Waals surface area contributed by atoms with Gasteiger partial charge in [0.05, 0.1) is 22.6 Å². The molecule has 0 saturated carbocycles. The van der Waals surface area contributed by atoms with Crippen molar-refractivity contribution >= 4 is 55.5 Å². The van der Waals surface area contributed by atoms with Gasteiger partial charge < -0.3 is 16.0 Å². The number of aromatic nitrogens is 1. The number of benzene rings is 2. The second-order valence-corrected chi connectivity index (χ2v) is 8.70. The summed E-state index contributed by atoms with van der Waals surface area (Å²) in [6.07, 6.45) is 1.09. The molecule has 0 fully saturated rings. The average Bonchev–Trinajstić information content (AvgIpc) is 3.11. The predicted octanol–water partition coefficient (Wildman–Crippen LogP) is 4.92. The first-order chi connectivity index (χ1) is 15.4. The van der Waals surface area contributed by atoms with Gasteiger partial charge in [0, 0.05) is 33.6 Å². The fourth-order valence-electron chi connectivity index (χ4n) is 3.85. The molecule has 160 valence electrons. The lowest BCUT2D eigenvalue weighted by molar-refractivity contribution is -0.111. The summed E-state index contributed by atoms with van der Waals surface area (Å²) in [7, 11) is 0. The number of amides is 2. The maximum absolute atomic E-state index is 14.1. The molecule has 2 amide bonds. The van der Waals surface area contributed by atoms with Crippen molar-refractivity contribution in [3.8, 4) is 11.3 Å². The van der Waals surface area contributed by atoms with Crippen molar-refractivity contribution in [1.29, 1.82) is 0 Å². The molecule has 0 aliphatic carbocycles. The van der Waals surface area contributed by atoms with E-state index >= 15 is 0 Å². The van der Waals surface area contributed by atoms with E-state index in [4.69, 9.17) is 4.98 Å². The number of carbonyl (C=O) groups excluding carboxylic acids is 2. The van der Waals surface area contributed by atoms with Gasteiger partial charge in [-0.25, -0.2) is 9.37 Å². The number of anilines is 2. The number of thiophene rings is 1. The van der Waals surface area contributed by atoms with Gasteiger partial charge in [-0.05, 0) is 55.5 Å². The van der Waals surface area contributed by atoms with Crippen molar-refractivity contribution in [1.82, 2.24) is 10.3 Å². The Hall–Kier alpha value is -3.78. The molecule has 4 aromatic rings. The van der Waals surface area contributed by atoms with Crippen LogP contribution in [0.25, 0.3) is 32.2 Å². The summed E-state index contributed by atoms with van der Waals surface area (Å²) < 4.78 is 15.1. The van der Waals surface area contributed by atoms with E-state index in [2.05, 4.69) is 22.5 Å².